The van der Waals surface area contributed by atoms with Crippen LogP contribution < -0.4 is 5.14 Å². The Balaban J connectivity index is 1.26. The molecule has 1 saturated carbocycles. The van der Waals surface area contributed by atoms with Gasteiger partial charge >= 0.3 is 0 Å². The zero-order valence-electron chi connectivity index (χ0n) is 19.1. The predicted octanol–water partition coefficient (Wildman–Crippen LogP) is 2.72. The van der Waals surface area contributed by atoms with Gasteiger partial charge < -0.3 is 4.98 Å². The van der Waals surface area contributed by atoms with Gasteiger partial charge in [-0.2, -0.15) is 0 Å². The fourth-order valence-corrected chi connectivity index (χ4v) is 8.73. The zero-order valence-corrected chi connectivity index (χ0v) is 20.7. The highest BCUT2D eigenvalue weighted by molar-refractivity contribution is 7.89. The molecule has 0 radical (unpaired) electrons. The smallest absolute Gasteiger partial charge is 0.214 e. The Morgan fingerprint density at radius 1 is 1.00 bits per heavy atom. The minimum absolute atomic E-state index is 0.115. The second-order valence-corrected chi connectivity index (χ2v) is 13.5. The number of aromatic nitrogens is 3. The molecule has 1 aliphatic heterocycles. The number of pyridine rings is 2. The minimum atomic E-state index is -3.61. The van der Waals surface area contributed by atoms with Crippen molar-refractivity contribution >= 4 is 42.0 Å². The molecule has 3 aromatic heterocycles. The van der Waals surface area contributed by atoms with Crippen molar-refractivity contribution in [3.8, 4) is 0 Å². The van der Waals surface area contributed by atoms with Crippen molar-refractivity contribution in [3.63, 3.8) is 0 Å². The third-order valence-electron chi connectivity index (χ3n) is 7.40. The van der Waals surface area contributed by atoms with Crippen molar-refractivity contribution < 1.29 is 16.8 Å². The standard InChI is InChI=1S/C23H31N5O4S2/c24-33(29,30)14-17-2-1-11-28(13-17)34(31,32)15-16-3-5-18(6-4-16)19-7-9-25-21-12-27-23-20(22(19)21)8-10-26-23/h7-10,12,16-18,25H,1-6,11,13-15H2,(H2,24,29,30). The summed E-state index contributed by atoms with van der Waals surface area (Å²) in [5.74, 6) is 0.226. The summed E-state index contributed by atoms with van der Waals surface area (Å²) in [7, 11) is -7.04. The van der Waals surface area contributed by atoms with Gasteiger partial charge in [-0.3, -0.25) is 0 Å². The molecular formula is C23H31N5O4S2. The van der Waals surface area contributed by atoms with Crippen LogP contribution in [0.4, 0.5) is 0 Å². The van der Waals surface area contributed by atoms with Gasteiger partial charge in [0.25, 0.3) is 0 Å². The number of nitrogens with zero attached hydrogens (tertiary/aromatic N) is 3. The van der Waals surface area contributed by atoms with Crippen molar-refractivity contribution in [1.82, 2.24) is 19.3 Å². The largest absolute Gasteiger partial charge is 0.360 e. The molecule has 1 saturated heterocycles. The van der Waals surface area contributed by atoms with Crippen LogP contribution in [0.2, 0.25) is 0 Å². The lowest BCUT2D eigenvalue weighted by atomic mass is 9.78. The fraction of sp³-hybridized carbons (Fsp3) is 0.565. The van der Waals surface area contributed by atoms with Gasteiger partial charge in [-0.25, -0.2) is 36.2 Å². The molecule has 3 aromatic rings. The Bertz CT molecular complexity index is 1400. The highest BCUT2D eigenvalue weighted by atomic mass is 32.2. The fourth-order valence-electron chi connectivity index (χ4n) is 5.81. The van der Waals surface area contributed by atoms with Crippen LogP contribution in [-0.2, 0) is 20.0 Å². The van der Waals surface area contributed by atoms with Crippen LogP contribution in [0.1, 0.15) is 50.0 Å². The maximum absolute atomic E-state index is 13.1. The molecule has 4 heterocycles. The average molecular weight is 506 g/mol. The van der Waals surface area contributed by atoms with Crippen LogP contribution in [0.5, 0.6) is 0 Å². The van der Waals surface area contributed by atoms with E-state index < -0.39 is 20.0 Å². The Hall–Kier alpha value is -2.08. The van der Waals surface area contributed by atoms with Crippen molar-refractivity contribution in [3.05, 3.63) is 36.3 Å². The summed E-state index contributed by atoms with van der Waals surface area (Å²) in [6, 6.07) is 4.14. The summed E-state index contributed by atoms with van der Waals surface area (Å²) in [5, 5.41) is 7.40. The van der Waals surface area contributed by atoms with Gasteiger partial charge in [0.1, 0.15) is 0 Å². The van der Waals surface area contributed by atoms with Gasteiger partial charge in [-0.15, -0.1) is 0 Å². The first kappa shape index (κ1) is 23.7. The minimum Gasteiger partial charge on any atom is -0.360 e. The van der Waals surface area contributed by atoms with E-state index in [1.165, 1.54) is 9.87 Å². The molecule has 2 aliphatic rings. The quantitative estimate of drug-likeness (QED) is 0.528. The highest BCUT2D eigenvalue weighted by Gasteiger charge is 2.34. The number of aromatic amines is 1. The Labute approximate surface area is 200 Å². The zero-order chi connectivity index (χ0) is 23.9. The molecule has 0 spiro atoms. The second kappa shape index (κ2) is 9.18. The number of rotatable bonds is 6. The molecule has 1 atom stereocenters. The van der Waals surface area contributed by atoms with Gasteiger partial charge in [-0.05, 0) is 74.0 Å². The van der Waals surface area contributed by atoms with E-state index in [4.69, 9.17) is 5.14 Å². The number of primary sulfonamides is 1. The molecule has 184 valence electrons. The van der Waals surface area contributed by atoms with Crippen LogP contribution >= 0.6 is 0 Å². The topological polar surface area (TPSA) is 139 Å². The van der Waals surface area contributed by atoms with E-state index in [0.29, 0.717) is 25.3 Å². The number of nitrogens with one attached hydrogen (secondary N) is 1. The Kier molecular flexibility index (Phi) is 6.38. The predicted molar refractivity (Wildman–Crippen MR) is 132 cm³/mol. The number of fused-ring (bicyclic) bond motifs is 3. The van der Waals surface area contributed by atoms with Gasteiger partial charge in [0.2, 0.25) is 20.0 Å². The molecule has 0 amide bonds. The number of nitrogens with two attached hydrogens (primary N) is 1. The van der Waals surface area contributed by atoms with E-state index in [1.807, 2.05) is 18.5 Å². The number of sulfonamides is 2. The molecule has 1 aliphatic carbocycles. The number of H-pyrrole nitrogens is 1. The third kappa shape index (κ3) is 4.98. The Morgan fingerprint density at radius 3 is 2.56 bits per heavy atom. The SMILES string of the molecule is NS(=O)(=O)CC1CCCN(S(=O)(=O)CC2CCC(c3cc[nH]c4cnc5nccc5c34)CC2)C1. The molecule has 2 fully saturated rings. The lowest BCUT2D eigenvalue weighted by Crippen LogP contribution is -2.44. The first-order valence-corrected chi connectivity index (χ1v) is 15.2. The van der Waals surface area contributed by atoms with E-state index in [0.717, 1.165) is 47.6 Å². The molecule has 11 heteroatoms. The average Bonchev–Trinajstić information content (AvgIpc) is 3.27. The van der Waals surface area contributed by atoms with Crippen LogP contribution in [-0.4, -0.2) is 60.7 Å². The van der Waals surface area contributed by atoms with E-state index >= 15 is 0 Å². The van der Waals surface area contributed by atoms with Crippen LogP contribution in [0.3, 0.4) is 0 Å². The summed E-state index contributed by atoms with van der Waals surface area (Å²) >= 11 is 0. The van der Waals surface area contributed by atoms with Crippen LogP contribution in [0, 0.1) is 11.8 Å². The number of hydrogen-bond acceptors (Lipinski definition) is 6. The summed E-state index contributed by atoms with van der Waals surface area (Å²) in [6.45, 7) is 0.710. The van der Waals surface area contributed by atoms with Gasteiger partial charge in [0, 0.05) is 36.3 Å². The maximum Gasteiger partial charge on any atom is 0.214 e. The van der Waals surface area contributed by atoms with E-state index in [9.17, 15) is 16.8 Å². The normalized spacial score (nSPS) is 25.1. The first-order valence-electron chi connectivity index (χ1n) is 11.9. The van der Waals surface area contributed by atoms with Gasteiger partial charge in [0.15, 0.2) is 5.65 Å². The molecule has 1 unspecified atom stereocenters. The first-order chi connectivity index (χ1) is 16.2. The molecule has 9 nitrogen and oxygen atoms in total. The van der Waals surface area contributed by atoms with Crippen molar-refractivity contribution in [2.24, 2.45) is 17.0 Å². The Morgan fingerprint density at radius 2 is 1.79 bits per heavy atom. The van der Waals surface area contributed by atoms with Crippen molar-refractivity contribution in [1.29, 1.82) is 0 Å². The van der Waals surface area contributed by atoms with Crippen LogP contribution in [0.15, 0.2) is 30.7 Å². The monoisotopic (exact) mass is 505 g/mol. The van der Waals surface area contributed by atoms with Crippen molar-refractivity contribution in [2.45, 2.75) is 44.4 Å². The van der Waals surface area contributed by atoms with E-state index in [-0.39, 0.29) is 29.9 Å². The number of hydrogen-bond donors (Lipinski definition) is 2. The summed E-state index contributed by atoms with van der Waals surface area (Å²) in [4.78, 5) is 12.0. The molecule has 5 rings (SSSR count). The van der Waals surface area contributed by atoms with Crippen molar-refractivity contribution in [2.75, 3.05) is 24.6 Å². The summed E-state index contributed by atoms with van der Waals surface area (Å²) in [5.41, 5.74) is 3.01. The van der Waals surface area contributed by atoms with Crippen LogP contribution in [0.25, 0.3) is 21.9 Å². The van der Waals surface area contributed by atoms with Gasteiger partial charge in [0.05, 0.1) is 23.2 Å². The lowest BCUT2D eigenvalue weighted by molar-refractivity contribution is 0.276. The molecule has 0 bridgehead atoms. The summed E-state index contributed by atoms with van der Waals surface area (Å²) in [6.07, 6.45) is 10.5. The number of piperidine rings is 1. The van der Waals surface area contributed by atoms with E-state index in [2.05, 4.69) is 21.0 Å². The lowest BCUT2D eigenvalue weighted by Gasteiger charge is -2.34. The van der Waals surface area contributed by atoms with Gasteiger partial charge in [-0.1, -0.05) is 0 Å². The summed E-state index contributed by atoms with van der Waals surface area (Å²) < 4.78 is 50.7. The highest BCUT2D eigenvalue weighted by Crippen LogP contribution is 2.40. The molecular weight excluding hydrogens is 474 g/mol. The van der Waals surface area contributed by atoms with E-state index in [1.54, 1.807) is 6.20 Å². The second-order valence-electron chi connectivity index (χ2n) is 9.85. The maximum atomic E-state index is 13.1. The molecule has 3 N–H and O–H groups in total. The third-order valence-corrected chi connectivity index (χ3v) is 10.3. The molecule has 34 heavy (non-hydrogen) atoms. The molecule has 0 aromatic carbocycles.